The van der Waals surface area contributed by atoms with Crippen LogP contribution >= 0.6 is 0 Å². The van der Waals surface area contributed by atoms with Crippen LogP contribution in [0.15, 0.2) is 48.7 Å². The van der Waals surface area contributed by atoms with Crippen molar-refractivity contribution in [3.05, 3.63) is 48.7 Å². The summed E-state index contributed by atoms with van der Waals surface area (Å²) in [5, 5.41) is 7.39. The Morgan fingerprint density at radius 2 is 1.92 bits per heavy atom. The molecule has 3 amide bonds. The summed E-state index contributed by atoms with van der Waals surface area (Å²) in [6.45, 7) is 2.10. The van der Waals surface area contributed by atoms with Gasteiger partial charge < -0.3 is 25.0 Å². The van der Waals surface area contributed by atoms with E-state index in [-0.39, 0.29) is 30.7 Å². The molecule has 10 heteroatoms. The van der Waals surface area contributed by atoms with Crippen molar-refractivity contribution in [1.29, 1.82) is 0 Å². The summed E-state index contributed by atoms with van der Waals surface area (Å²) in [5.74, 6) is -2.27. The fourth-order valence-electron chi connectivity index (χ4n) is 5.36. The van der Waals surface area contributed by atoms with E-state index in [0.717, 1.165) is 10.8 Å². The van der Waals surface area contributed by atoms with E-state index in [1.807, 2.05) is 42.5 Å². The van der Waals surface area contributed by atoms with Gasteiger partial charge >= 0.3 is 5.97 Å². The first-order valence-corrected chi connectivity index (χ1v) is 12.7. The molecular formula is C27H30N4O6. The molecule has 1 aromatic heterocycles. The molecule has 0 saturated carbocycles. The average Bonchev–Trinajstić information content (AvgIpc) is 3.45. The van der Waals surface area contributed by atoms with E-state index in [4.69, 9.17) is 9.47 Å². The molecule has 5 unspecified atom stereocenters. The summed E-state index contributed by atoms with van der Waals surface area (Å²) in [6, 6.07) is 7.85. The molecule has 5 atom stereocenters. The lowest BCUT2D eigenvalue weighted by molar-refractivity contribution is -0.164. The molecule has 194 valence electrons. The number of rotatable bonds is 6. The summed E-state index contributed by atoms with van der Waals surface area (Å²) >= 11 is 0. The molecule has 3 aliphatic rings. The van der Waals surface area contributed by atoms with Crippen molar-refractivity contribution in [1.82, 2.24) is 15.2 Å². The van der Waals surface area contributed by atoms with E-state index < -0.39 is 36.2 Å². The second-order valence-electron chi connectivity index (χ2n) is 9.49. The van der Waals surface area contributed by atoms with E-state index >= 15 is 0 Å². The van der Waals surface area contributed by atoms with Crippen molar-refractivity contribution in [2.75, 3.05) is 11.9 Å². The smallest absolute Gasteiger partial charge is 0.310 e. The van der Waals surface area contributed by atoms with Gasteiger partial charge in [-0.15, -0.1) is 0 Å². The summed E-state index contributed by atoms with van der Waals surface area (Å²) in [6.07, 6.45) is 6.54. The normalized spacial score (nSPS) is 28.2. The number of nitrogens with zero attached hydrogens (tertiary/aromatic N) is 2. The minimum atomic E-state index is -0.999. The van der Waals surface area contributed by atoms with Crippen molar-refractivity contribution >= 4 is 40.3 Å². The molecule has 0 aliphatic carbocycles. The first-order valence-electron chi connectivity index (χ1n) is 12.7. The third-order valence-corrected chi connectivity index (χ3v) is 7.16. The monoisotopic (exact) mass is 506 g/mol. The fourth-order valence-corrected chi connectivity index (χ4v) is 5.36. The Balaban J connectivity index is 1.34. The maximum absolute atomic E-state index is 13.8. The quantitative estimate of drug-likeness (QED) is 0.350. The predicted octanol–water partition coefficient (Wildman–Crippen LogP) is 2.29. The standard InChI is InChI=1S/C27H30N4O6/c1-2-36-27-20(15-22(32)37-27)29-25(34)21-12-11-17-8-4-6-10-19(26(35)31(17)21)24(33)30-23-18-9-5-3-7-16(18)13-14-28-23/h3-7,9,13-14,17,19-21,27H,2,8,10-12,15H2,1H3,(H,29,34)(H,28,30,33)/b6-4-. The van der Waals surface area contributed by atoms with E-state index in [1.165, 1.54) is 0 Å². The molecule has 0 spiro atoms. The van der Waals surface area contributed by atoms with Crippen LogP contribution in [0.25, 0.3) is 10.8 Å². The molecule has 5 rings (SSSR count). The van der Waals surface area contributed by atoms with Gasteiger partial charge in [0.05, 0.1) is 6.42 Å². The topological polar surface area (TPSA) is 127 Å². The van der Waals surface area contributed by atoms with Gasteiger partial charge in [0.25, 0.3) is 0 Å². The molecular weight excluding hydrogens is 476 g/mol. The Morgan fingerprint density at radius 3 is 2.76 bits per heavy atom. The van der Waals surface area contributed by atoms with Crippen LogP contribution in [0.2, 0.25) is 0 Å². The zero-order valence-electron chi connectivity index (χ0n) is 20.6. The van der Waals surface area contributed by atoms with Crippen LogP contribution in [0.5, 0.6) is 0 Å². The molecule has 1 aromatic carbocycles. The van der Waals surface area contributed by atoms with Crippen molar-refractivity contribution < 1.29 is 28.7 Å². The van der Waals surface area contributed by atoms with Crippen LogP contribution in [0.4, 0.5) is 5.82 Å². The molecule has 2 saturated heterocycles. The number of amides is 3. The van der Waals surface area contributed by atoms with Crippen LogP contribution in [0.1, 0.15) is 39.0 Å². The predicted molar refractivity (Wildman–Crippen MR) is 134 cm³/mol. The Kier molecular flexibility index (Phi) is 7.18. The van der Waals surface area contributed by atoms with Crippen molar-refractivity contribution in [3.8, 4) is 0 Å². The van der Waals surface area contributed by atoms with Crippen LogP contribution in [0.3, 0.4) is 0 Å². The Morgan fingerprint density at radius 1 is 1.11 bits per heavy atom. The van der Waals surface area contributed by atoms with Gasteiger partial charge in [0, 0.05) is 24.2 Å². The highest BCUT2D eigenvalue weighted by Crippen LogP contribution is 2.32. The van der Waals surface area contributed by atoms with Crippen LogP contribution in [0, 0.1) is 5.92 Å². The molecule has 3 aliphatic heterocycles. The zero-order valence-corrected chi connectivity index (χ0v) is 20.6. The maximum atomic E-state index is 13.8. The van der Waals surface area contributed by atoms with Gasteiger partial charge in [-0.3, -0.25) is 19.2 Å². The number of aromatic nitrogens is 1. The highest BCUT2D eigenvalue weighted by atomic mass is 16.7. The summed E-state index contributed by atoms with van der Waals surface area (Å²) in [7, 11) is 0. The first-order chi connectivity index (χ1) is 18.0. The van der Waals surface area contributed by atoms with Crippen LogP contribution in [-0.4, -0.2) is 64.6 Å². The molecule has 10 nitrogen and oxygen atoms in total. The average molecular weight is 507 g/mol. The lowest BCUT2D eigenvalue weighted by Gasteiger charge is -2.33. The van der Waals surface area contributed by atoms with Crippen molar-refractivity contribution in [3.63, 3.8) is 0 Å². The second kappa shape index (κ2) is 10.7. The third-order valence-electron chi connectivity index (χ3n) is 7.16. The second-order valence-corrected chi connectivity index (χ2v) is 9.49. The molecule has 37 heavy (non-hydrogen) atoms. The highest BCUT2D eigenvalue weighted by molar-refractivity contribution is 6.10. The molecule has 2 N–H and O–H groups in total. The molecule has 0 radical (unpaired) electrons. The molecule has 4 heterocycles. The molecule has 0 bridgehead atoms. The van der Waals surface area contributed by atoms with E-state index in [1.54, 1.807) is 18.0 Å². The number of allylic oxidation sites excluding steroid dienone is 1. The van der Waals surface area contributed by atoms with Gasteiger partial charge in [0.15, 0.2) is 0 Å². The van der Waals surface area contributed by atoms with Gasteiger partial charge in [-0.1, -0.05) is 36.4 Å². The summed E-state index contributed by atoms with van der Waals surface area (Å²) in [5.41, 5.74) is 0. The lowest BCUT2D eigenvalue weighted by Crippen LogP contribution is -2.55. The largest absolute Gasteiger partial charge is 0.433 e. The SMILES string of the molecule is CCOC1OC(=O)CC1NC(=O)C1CCC2C/C=C\CC(C(=O)Nc3nccc4ccccc34)C(=O)N21. The van der Waals surface area contributed by atoms with Gasteiger partial charge in [-0.05, 0) is 44.1 Å². The first kappa shape index (κ1) is 24.9. The number of nitrogens with one attached hydrogen (secondary N) is 2. The molecule has 2 fully saturated rings. The summed E-state index contributed by atoms with van der Waals surface area (Å²) < 4.78 is 10.6. The van der Waals surface area contributed by atoms with Crippen LogP contribution in [-0.2, 0) is 28.7 Å². The number of hydrogen-bond acceptors (Lipinski definition) is 7. The minimum Gasteiger partial charge on any atom is -0.433 e. The van der Waals surface area contributed by atoms with Crippen LogP contribution < -0.4 is 10.6 Å². The number of hydrogen-bond donors (Lipinski definition) is 2. The van der Waals surface area contributed by atoms with E-state index in [0.29, 0.717) is 31.7 Å². The minimum absolute atomic E-state index is 0.00625. The maximum Gasteiger partial charge on any atom is 0.310 e. The zero-order chi connectivity index (χ0) is 25.9. The third kappa shape index (κ3) is 5.06. The Hall–Kier alpha value is -3.79. The van der Waals surface area contributed by atoms with Gasteiger partial charge in [-0.2, -0.15) is 0 Å². The number of ether oxygens (including phenoxy) is 2. The van der Waals surface area contributed by atoms with Crippen molar-refractivity contribution in [2.24, 2.45) is 5.92 Å². The fraction of sp³-hybridized carbons (Fsp3) is 0.444. The highest BCUT2D eigenvalue weighted by Gasteiger charge is 2.46. The number of carbonyl (C=O) groups is 4. The van der Waals surface area contributed by atoms with Gasteiger partial charge in [0.1, 0.15) is 23.8 Å². The number of esters is 1. The lowest BCUT2D eigenvalue weighted by atomic mass is 9.97. The Labute approximate surface area is 214 Å². The molecule has 2 aromatic rings. The number of anilines is 1. The van der Waals surface area contributed by atoms with Crippen molar-refractivity contribution in [2.45, 2.75) is 63.4 Å². The Bertz CT molecular complexity index is 1240. The number of cyclic esters (lactones) is 1. The number of carbonyl (C=O) groups excluding carboxylic acids is 4. The van der Waals surface area contributed by atoms with Gasteiger partial charge in [0.2, 0.25) is 24.0 Å². The van der Waals surface area contributed by atoms with E-state index in [2.05, 4.69) is 15.6 Å². The number of benzene rings is 1. The number of pyridine rings is 1. The number of fused-ring (bicyclic) bond motifs is 2. The summed E-state index contributed by atoms with van der Waals surface area (Å²) in [4.78, 5) is 58.1. The van der Waals surface area contributed by atoms with E-state index in [9.17, 15) is 19.2 Å². The van der Waals surface area contributed by atoms with Gasteiger partial charge in [-0.25, -0.2) is 4.98 Å².